The highest BCUT2D eigenvalue weighted by Gasteiger charge is 2.10. The Kier molecular flexibility index (Phi) is 3.79. The highest BCUT2D eigenvalue weighted by molar-refractivity contribution is 5.81. The summed E-state index contributed by atoms with van der Waals surface area (Å²) in [4.78, 5) is 0. The Morgan fingerprint density at radius 3 is 2.82 bits per heavy atom. The summed E-state index contributed by atoms with van der Waals surface area (Å²) in [6.07, 6.45) is 3.37. The molecular weight excluding hydrogens is 212 g/mol. The van der Waals surface area contributed by atoms with Crippen LogP contribution in [0.3, 0.4) is 0 Å². The van der Waals surface area contributed by atoms with Crippen LogP contribution in [0.1, 0.15) is 31.9 Å². The molecule has 0 aliphatic heterocycles. The predicted molar refractivity (Wildman–Crippen MR) is 69.9 cm³/mol. The lowest BCUT2D eigenvalue weighted by Gasteiger charge is -2.07. The Morgan fingerprint density at radius 1 is 1.29 bits per heavy atom. The summed E-state index contributed by atoms with van der Waals surface area (Å²) in [5.41, 5.74) is 2.26. The summed E-state index contributed by atoms with van der Waals surface area (Å²) in [6, 6.07) is 8.24. The van der Waals surface area contributed by atoms with E-state index in [0.717, 1.165) is 36.9 Å². The summed E-state index contributed by atoms with van der Waals surface area (Å²) >= 11 is 0. The van der Waals surface area contributed by atoms with Gasteiger partial charge in [0.2, 0.25) is 0 Å². The van der Waals surface area contributed by atoms with E-state index < -0.39 is 0 Å². The second-order valence-electron chi connectivity index (χ2n) is 4.57. The zero-order chi connectivity index (χ0) is 12.3. The van der Waals surface area contributed by atoms with Gasteiger partial charge in [0.1, 0.15) is 0 Å². The Labute approximate surface area is 102 Å². The first kappa shape index (κ1) is 12.1. The molecular formula is C14H20N2O. The normalized spacial score (nSPS) is 13.1. The van der Waals surface area contributed by atoms with Crippen molar-refractivity contribution in [1.29, 1.82) is 0 Å². The molecule has 1 N–H and O–H groups in total. The smallest absolute Gasteiger partial charge is 0.0704 e. The van der Waals surface area contributed by atoms with E-state index >= 15 is 0 Å². The van der Waals surface area contributed by atoms with Crippen molar-refractivity contribution < 1.29 is 5.11 Å². The lowest BCUT2D eigenvalue weighted by Crippen LogP contribution is -2.07. The zero-order valence-corrected chi connectivity index (χ0v) is 10.6. The molecule has 3 nitrogen and oxygen atoms in total. The zero-order valence-electron chi connectivity index (χ0n) is 10.6. The molecule has 0 aliphatic carbocycles. The largest absolute Gasteiger partial charge is 0.393 e. The van der Waals surface area contributed by atoms with Gasteiger partial charge in [-0.15, -0.1) is 0 Å². The van der Waals surface area contributed by atoms with Crippen LogP contribution in [0.15, 0.2) is 24.3 Å². The van der Waals surface area contributed by atoms with Crippen LogP contribution >= 0.6 is 0 Å². The Balaban J connectivity index is 2.13. The molecule has 3 heteroatoms. The van der Waals surface area contributed by atoms with Crippen LogP contribution in [0.2, 0.25) is 0 Å². The van der Waals surface area contributed by atoms with Gasteiger partial charge >= 0.3 is 0 Å². The Bertz CT molecular complexity index is 490. The first-order valence-corrected chi connectivity index (χ1v) is 6.31. The van der Waals surface area contributed by atoms with E-state index in [1.165, 1.54) is 5.39 Å². The molecule has 0 spiro atoms. The van der Waals surface area contributed by atoms with Gasteiger partial charge in [0.25, 0.3) is 0 Å². The minimum absolute atomic E-state index is 0.194. The number of aryl methyl sites for hydroxylation is 2. The minimum Gasteiger partial charge on any atom is -0.393 e. The Morgan fingerprint density at radius 2 is 2.06 bits per heavy atom. The molecule has 92 valence electrons. The topological polar surface area (TPSA) is 38.1 Å². The van der Waals surface area contributed by atoms with E-state index in [9.17, 15) is 5.11 Å². The van der Waals surface area contributed by atoms with Crippen molar-refractivity contribution in [2.24, 2.45) is 7.05 Å². The van der Waals surface area contributed by atoms with Crippen molar-refractivity contribution in [3.8, 4) is 0 Å². The maximum Gasteiger partial charge on any atom is 0.0704 e. The van der Waals surface area contributed by atoms with Gasteiger partial charge in [-0.05, 0) is 25.3 Å². The Hall–Kier alpha value is -1.35. The fraction of sp³-hybridized carbons (Fsp3) is 0.500. The first-order valence-electron chi connectivity index (χ1n) is 6.31. The second-order valence-corrected chi connectivity index (χ2v) is 4.57. The number of fused-ring (bicyclic) bond motifs is 1. The van der Waals surface area contributed by atoms with Crippen LogP contribution in [0.25, 0.3) is 10.9 Å². The highest BCUT2D eigenvalue weighted by atomic mass is 16.3. The third-order valence-electron chi connectivity index (χ3n) is 3.17. The van der Waals surface area contributed by atoms with Crippen molar-refractivity contribution in [2.45, 2.75) is 38.7 Å². The number of aliphatic hydroxyl groups is 1. The van der Waals surface area contributed by atoms with Crippen LogP contribution in [0, 0.1) is 0 Å². The molecule has 0 saturated heterocycles. The molecule has 0 amide bonds. The number of aromatic nitrogens is 2. The number of hydrogen-bond acceptors (Lipinski definition) is 2. The molecule has 1 aromatic carbocycles. The van der Waals surface area contributed by atoms with Gasteiger partial charge in [0.15, 0.2) is 0 Å². The van der Waals surface area contributed by atoms with Crippen LogP contribution in [-0.4, -0.2) is 21.0 Å². The van der Waals surface area contributed by atoms with Gasteiger partial charge in [0, 0.05) is 12.4 Å². The summed E-state index contributed by atoms with van der Waals surface area (Å²) in [5, 5.41) is 15.5. The minimum atomic E-state index is -0.194. The molecule has 1 atom stereocenters. The van der Waals surface area contributed by atoms with Crippen molar-refractivity contribution >= 4 is 10.9 Å². The lowest BCUT2D eigenvalue weighted by molar-refractivity contribution is 0.153. The monoisotopic (exact) mass is 232 g/mol. The quantitative estimate of drug-likeness (QED) is 0.860. The second kappa shape index (κ2) is 5.32. The third-order valence-corrected chi connectivity index (χ3v) is 3.17. The van der Waals surface area contributed by atoms with Crippen molar-refractivity contribution in [3.63, 3.8) is 0 Å². The molecule has 2 aromatic rings. The van der Waals surface area contributed by atoms with Crippen LogP contribution in [0.4, 0.5) is 0 Å². The van der Waals surface area contributed by atoms with Crippen LogP contribution in [-0.2, 0) is 13.5 Å². The van der Waals surface area contributed by atoms with E-state index in [1.54, 1.807) is 0 Å². The van der Waals surface area contributed by atoms with Gasteiger partial charge in [-0.25, -0.2) is 0 Å². The molecule has 2 rings (SSSR count). The lowest BCUT2D eigenvalue weighted by atomic mass is 10.1. The van der Waals surface area contributed by atoms with Gasteiger partial charge in [-0.1, -0.05) is 31.5 Å². The maximum atomic E-state index is 9.75. The number of nitrogens with zero attached hydrogens (tertiary/aromatic N) is 2. The maximum absolute atomic E-state index is 9.75. The highest BCUT2D eigenvalue weighted by Crippen LogP contribution is 2.19. The first-order chi connectivity index (χ1) is 8.22. The van der Waals surface area contributed by atoms with E-state index in [0.29, 0.717) is 0 Å². The molecule has 1 aromatic heterocycles. The standard InChI is InChI=1S/C14H20N2O/c1-3-6-11(17)9-10-13-12-7-4-5-8-14(12)16(2)15-13/h4-5,7-8,11,17H,3,6,9-10H2,1-2H3. The molecule has 0 aliphatic rings. The van der Waals surface area contributed by atoms with Gasteiger partial charge in [-0.2, -0.15) is 5.10 Å². The fourth-order valence-electron chi connectivity index (χ4n) is 2.25. The number of aliphatic hydroxyl groups excluding tert-OH is 1. The summed E-state index contributed by atoms with van der Waals surface area (Å²) in [7, 11) is 1.97. The van der Waals surface area contributed by atoms with E-state index in [1.807, 2.05) is 23.9 Å². The molecule has 1 heterocycles. The van der Waals surface area contributed by atoms with Crippen molar-refractivity contribution in [2.75, 3.05) is 0 Å². The molecule has 17 heavy (non-hydrogen) atoms. The summed E-state index contributed by atoms with van der Waals surface area (Å²) in [6.45, 7) is 2.10. The average molecular weight is 232 g/mol. The number of rotatable bonds is 5. The molecule has 1 unspecified atom stereocenters. The molecule has 0 radical (unpaired) electrons. The van der Waals surface area contributed by atoms with E-state index in [-0.39, 0.29) is 6.10 Å². The van der Waals surface area contributed by atoms with Crippen molar-refractivity contribution in [3.05, 3.63) is 30.0 Å². The number of benzene rings is 1. The summed E-state index contributed by atoms with van der Waals surface area (Å²) in [5.74, 6) is 0. The van der Waals surface area contributed by atoms with E-state index in [4.69, 9.17) is 0 Å². The SMILES string of the molecule is CCCC(O)CCc1nn(C)c2ccccc12. The van der Waals surface area contributed by atoms with Gasteiger partial charge in [-0.3, -0.25) is 4.68 Å². The van der Waals surface area contributed by atoms with Gasteiger partial charge < -0.3 is 5.11 Å². The third kappa shape index (κ3) is 2.67. The van der Waals surface area contributed by atoms with Gasteiger partial charge in [0.05, 0.1) is 17.3 Å². The van der Waals surface area contributed by atoms with E-state index in [2.05, 4.69) is 24.2 Å². The molecule has 0 fully saturated rings. The van der Waals surface area contributed by atoms with Crippen LogP contribution < -0.4 is 0 Å². The van der Waals surface area contributed by atoms with Crippen LogP contribution in [0.5, 0.6) is 0 Å². The molecule has 0 bridgehead atoms. The predicted octanol–water partition coefficient (Wildman–Crippen LogP) is 2.67. The summed E-state index contributed by atoms with van der Waals surface area (Å²) < 4.78 is 1.91. The number of para-hydroxylation sites is 1. The number of hydrogen-bond donors (Lipinski definition) is 1. The fourth-order valence-corrected chi connectivity index (χ4v) is 2.25. The van der Waals surface area contributed by atoms with Crippen molar-refractivity contribution in [1.82, 2.24) is 9.78 Å². The average Bonchev–Trinajstić information content (AvgIpc) is 2.65. The molecule has 0 saturated carbocycles.